The molecular formula is C23H26F4N2OS. The molecule has 0 bridgehead atoms. The molecule has 3 rings (SSSR count). The van der Waals surface area contributed by atoms with Gasteiger partial charge < -0.3 is 4.90 Å². The number of amides is 1. The molecule has 3 nitrogen and oxygen atoms in total. The van der Waals surface area contributed by atoms with Gasteiger partial charge in [-0.25, -0.2) is 8.70 Å². The van der Waals surface area contributed by atoms with Crippen molar-refractivity contribution in [2.45, 2.75) is 50.9 Å². The summed E-state index contributed by atoms with van der Waals surface area (Å²) in [5.41, 5.74) is 2.08. The number of benzene rings is 2. The largest absolute Gasteiger partial charge is 0.408 e. The Hall–Kier alpha value is -2.06. The van der Waals surface area contributed by atoms with E-state index in [9.17, 15) is 22.4 Å². The van der Waals surface area contributed by atoms with Crippen LogP contribution >= 0.6 is 11.9 Å². The lowest BCUT2D eigenvalue weighted by atomic mass is 9.99. The summed E-state index contributed by atoms with van der Waals surface area (Å²) in [5, 5.41) is 0. The number of halogens is 4. The van der Waals surface area contributed by atoms with Crippen molar-refractivity contribution in [1.82, 2.24) is 9.21 Å². The minimum absolute atomic E-state index is 0.00471. The standard InChI is InChI=1S/C23H26F4N2OS/c1-4-29(21(23(25,26)27)17-5-8-19(24)9-6-17)31-20-10-7-16-11-12-28(14-18(16)13-20)22(30)15(2)3/h5-10,13,15,21H,4,11-12,14H2,1-3H3. The Morgan fingerprint density at radius 3 is 2.39 bits per heavy atom. The fourth-order valence-electron chi connectivity index (χ4n) is 3.74. The molecule has 0 radical (unpaired) electrons. The van der Waals surface area contributed by atoms with Crippen molar-refractivity contribution in [2.24, 2.45) is 5.92 Å². The lowest BCUT2D eigenvalue weighted by Gasteiger charge is -2.33. The predicted octanol–water partition coefficient (Wildman–Crippen LogP) is 6.00. The molecule has 1 heterocycles. The molecule has 0 saturated heterocycles. The molecular weight excluding hydrogens is 428 g/mol. The van der Waals surface area contributed by atoms with Gasteiger partial charge in [0.2, 0.25) is 5.91 Å². The molecule has 1 aliphatic rings. The second-order valence-electron chi connectivity index (χ2n) is 7.92. The molecule has 1 unspecified atom stereocenters. The van der Waals surface area contributed by atoms with Gasteiger partial charge in [0.1, 0.15) is 11.9 Å². The zero-order chi connectivity index (χ0) is 22.8. The second kappa shape index (κ2) is 9.61. The first kappa shape index (κ1) is 23.6. The van der Waals surface area contributed by atoms with Crippen molar-refractivity contribution in [3.05, 3.63) is 65.0 Å². The van der Waals surface area contributed by atoms with E-state index in [0.717, 1.165) is 41.6 Å². The Morgan fingerprint density at radius 2 is 1.81 bits per heavy atom. The zero-order valence-corrected chi connectivity index (χ0v) is 18.6. The van der Waals surface area contributed by atoms with Crippen molar-refractivity contribution in [3.63, 3.8) is 0 Å². The van der Waals surface area contributed by atoms with E-state index in [4.69, 9.17) is 0 Å². The molecule has 0 aliphatic carbocycles. The molecule has 1 amide bonds. The molecule has 1 atom stereocenters. The molecule has 0 spiro atoms. The summed E-state index contributed by atoms with van der Waals surface area (Å²) in [6.45, 7) is 6.63. The monoisotopic (exact) mass is 454 g/mol. The summed E-state index contributed by atoms with van der Waals surface area (Å²) in [5.74, 6) is -0.596. The SMILES string of the molecule is CCN(Sc1ccc2c(c1)CN(C(=O)C(C)C)CC2)C(c1ccc(F)cc1)C(F)(F)F. The van der Waals surface area contributed by atoms with Crippen LogP contribution in [-0.4, -0.2) is 34.4 Å². The van der Waals surface area contributed by atoms with Crippen LogP contribution in [0.25, 0.3) is 0 Å². The van der Waals surface area contributed by atoms with E-state index in [1.807, 2.05) is 32.0 Å². The van der Waals surface area contributed by atoms with Crippen LogP contribution in [0.3, 0.4) is 0 Å². The van der Waals surface area contributed by atoms with Crippen LogP contribution in [0.4, 0.5) is 17.6 Å². The minimum Gasteiger partial charge on any atom is -0.338 e. The molecule has 0 saturated carbocycles. The maximum atomic E-state index is 13.9. The van der Waals surface area contributed by atoms with Crippen molar-refractivity contribution >= 4 is 17.9 Å². The van der Waals surface area contributed by atoms with Crippen LogP contribution in [0.15, 0.2) is 47.4 Å². The van der Waals surface area contributed by atoms with Crippen molar-refractivity contribution in [2.75, 3.05) is 13.1 Å². The Kier molecular flexibility index (Phi) is 7.31. The topological polar surface area (TPSA) is 23.6 Å². The summed E-state index contributed by atoms with van der Waals surface area (Å²) in [6.07, 6.45) is -3.79. The smallest absolute Gasteiger partial charge is 0.338 e. The predicted molar refractivity (Wildman–Crippen MR) is 114 cm³/mol. The van der Waals surface area contributed by atoms with Crippen LogP contribution in [-0.2, 0) is 17.8 Å². The van der Waals surface area contributed by atoms with Crippen LogP contribution < -0.4 is 0 Å². The van der Waals surface area contributed by atoms with Crippen molar-refractivity contribution in [3.8, 4) is 0 Å². The molecule has 0 aromatic heterocycles. The number of carbonyl (C=O) groups excluding carboxylic acids is 1. The second-order valence-corrected chi connectivity index (χ2v) is 9.04. The van der Waals surface area contributed by atoms with Gasteiger partial charge in [-0.15, -0.1) is 0 Å². The van der Waals surface area contributed by atoms with Gasteiger partial charge >= 0.3 is 6.18 Å². The maximum absolute atomic E-state index is 13.9. The number of fused-ring (bicyclic) bond motifs is 1. The Balaban J connectivity index is 1.85. The average molecular weight is 455 g/mol. The highest BCUT2D eigenvalue weighted by molar-refractivity contribution is 7.97. The van der Waals surface area contributed by atoms with E-state index in [1.165, 1.54) is 16.4 Å². The number of hydrogen-bond acceptors (Lipinski definition) is 3. The fraction of sp³-hybridized carbons (Fsp3) is 0.435. The summed E-state index contributed by atoms with van der Waals surface area (Å²) >= 11 is 1.03. The van der Waals surface area contributed by atoms with Crippen LogP contribution in [0.5, 0.6) is 0 Å². The number of nitrogens with zero attached hydrogens (tertiary/aromatic N) is 2. The first-order chi connectivity index (χ1) is 14.6. The van der Waals surface area contributed by atoms with Gasteiger partial charge in [-0.2, -0.15) is 13.2 Å². The Bertz CT molecular complexity index is 915. The summed E-state index contributed by atoms with van der Waals surface area (Å²) < 4.78 is 56.3. The van der Waals surface area contributed by atoms with Crippen LogP contribution in [0, 0.1) is 11.7 Å². The van der Waals surface area contributed by atoms with Gasteiger partial charge in [0.05, 0.1) is 0 Å². The van der Waals surface area contributed by atoms with Gasteiger partial charge in [-0.05, 0) is 59.3 Å². The fourth-order valence-corrected chi connectivity index (χ4v) is 4.81. The number of carbonyl (C=O) groups is 1. The third-order valence-corrected chi connectivity index (χ3v) is 6.48. The van der Waals surface area contributed by atoms with Gasteiger partial charge in [-0.3, -0.25) is 4.79 Å². The molecule has 31 heavy (non-hydrogen) atoms. The summed E-state index contributed by atoms with van der Waals surface area (Å²) in [7, 11) is 0. The lowest BCUT2D eigenvalue weighted by Crippen LogP contribution is -2.38. The van der Waals surface area contributed by atoms with Crippen LogP contribution in [0.1, 0.15) is 43.5 Å². The van der Waals surface area contributed by atoms with Crippen molar-refractivity contribution in [1.29, 1.82) is 0 Å². The molecule has 8 heteroatoms. The first-order valence-corrected chi connectivity index (χ1v) is 11.0. The molecule has 1 aliphatic heterocycles. The molecule has 168 valence electrons. The molecule has 2 aromatic carbocycles. The third-order valence-electron chi connectivity index (χ3n) is 5.31. The van der Waals surface area contributed by atoms with E-state index in [-0.39, 0.29) is 23.9 Å². The van der Waals surface area contributed by atoms with Gasteiger partial charge in [0, 0.05) is 30.4 Å². The molecule has 2 aromatic rings. The van der Waals surface area contributed by atoms with Crippen molar-refractivity contribution < 1.29 is 22.4 Å². The highest BCUT2D eigenvalue weighted by atomic mass is 32.2. The maximum Gasteiger partial charge on any atom is 0.408 e. The molecule has 0 fully saturated rings. The van der Waals surface area contributed by atoms with E-state index in [0.29, 0.717) is 18.0 Å². The average Bonchev–Trinajstić information content (AvgIpc) is 2.72. The van der Waals surface area contributed by atoms with Gasteiger partial charge in [0.25, 0.3) is 0 Å². The minimum atomic E-state index is -4.52. The Morgan fingerprint density at radius 1 is 1.13 bits per heavy atom. The van der Waals surface area contributed by atoms with E-state index >= 15 is 0 Å². The summed E-state index contributed by atoms with van der Waals surface area (Å²) in [6, 6.07) is 8.22. The third kappa shape index (κ3) is 5.60. The highest BCUT2D eigenvalue weighted by Crippen LogP contribution is 2.43. The zero-order valence-electron chi connectivity index (χ0n) is 17.7. The number of rotatable bonds is 6. The van der Waals surface area contributed by atoms with E-state index in [1.54, 1.807) is 11.8 Å². The van der Waals surface area contributed by atoms with Crippen LogP contribution in [0.2, 0.25) is 0 Å². The van der Waals surface area contributed by atoms with Gasteiger partial charge in [-0.1, -0.05) is 39.0 Å². The van der Waals surface area contributed by atoms with E-state index in [2.05, 4.69) is 0 Å². The highest BCUT2D eigenvalue weighted by Gasteiger charge is 2.45. The van der Waals surface area contributed by atoms with Gasteiger partial charge in [0.15, 0.2) is 0 Å². The first-order valence-electron chi connectivity index (χ1n) is 10.3. The molecule has 0 N–H and O–H groups in total. The lowest BCUT2D eigenvalue weighted by molar-refractivity contribution is -0.172. The Labute approximate surface area is 184 Å². The quantitative estimate of drug-likeness (QED) is 0.395. The summed E-state index contributed by atoms with van der Waals surface area (Å²) in [4.78, 5) is 14.8. The normalized spacial score (nSPS) is 15.3. The van der Waals surface area contributed by atoms with E-state index < -0.39 is 18.0 Å². The number of hydrogen-bond donors (Lipinski definition) is 0. The number of alkyl halides is 3.